The topological polar surface area (TPSA) is 3.24 Å². The number of benzene rings is 2. The number of fused-ring (bicyclic) bond motifs is 1. The lowest BCUT2D eigenvalue weighted by molar-refractivity contribution is 0.150. The van der Waals surface area contributed by atoms with Crippen LogP contribution in [0.15, 0.2) is 54.6 Å². The summed E-state index contributed by atoms with van der Waals surface area (Å²) in [6.45, 7) is 1.30. The molecule has 4 rings (SSSR count). The van der Waals surface area contributed by atoms with Gasteiger partial charge in [0.25, 0.3) is 0 Å². The van der Waals surface area contributed by atoms with Crippen LogP contribution in [0.4, 0.5) is 0 Å². The van der Waals surface area contributed by atoms with Crippen molar-refractivity contribution in [3.8, 4) is 11.1 Å². The summed E-state index contributed by atoms with van der Waals surface area (Å²) in [7, 11) is 0. The van der Waals surface area contributed by atoms with Crippen LogP contribution in [0.3, 0.4) is 0 Å². The van der Waals surface area contributed by atoms with Crippen LogP contribution in [-0.4, -0.2) is 17.5 Å². The molecule has 2 aliphatic heterocycles. The molecular formula is C20H23N. The van der Waals surface area contributed by atoms with Crippen LogP contribution in [0.25, 0.3) is 11.1 Å². The Morgan fingerprint density at radius 1 is 0.714 bits per heavy atom. The van der Waals surface area contributed by atoms with Crippen molar-refractivity contribution in [3.63, 3.8) is 0 Å². The summed E-state index contributed by atoms with van der Waals surface area (Å²) in [6, 6.07) is 21.5. The van der Waals surface area contributed by atoms with Gasteiger partial charge in [0.1, 0.15) is 0 Å². The summed E-state index contributed by atoms with van der Waals surface area (Å²) in [6.07, 6.45) is 6.97. The van der Waals surface area contributed by atoms with Crippen LogP contribution in [0.1, 0.15) is 43.7 Å². The van der Waals surface area contributed by atoms with Gasteiger partial charge in [-0.15, -0.1) is 0 Å². The fourth-order valence-electron chi connectivity index (χ4n) is 4.15. The largest absolute Gasteiger partial charge is 0.293 e. The Morgan fingerprint density at radius 3 is 2.29 bits per heavy atom. The number of rotatable bonds is 2. The number of hydrogen-bond donors (Lipinski definition) is 0. The van der Waals surface area contributed by atoms with Crippen molar-refractivity contribution in [2.24, 2.45) is 0 Å². The molecule has 21 heavy (non-hydrogen) atoms. The molecule has 1 heteroatoms. The quantitative estimate of drug-likeness (QED) is 0.743. The molecule has 2 aliphatic rings. The van der Waals surface area contributed by atoms with E-state index in [-0.39, 0.29) is 0 Å². The van der Waals surface area contributed by atoms with Crippen LogP contribution in [-0.2, 0) is 0 Å². The van der Waals surface area contributed by atoms with Gasteiger partial charge in [-0.2, -0.15) is 0 Å². The first kappa shape index (κ1) is 13.1. The predicted molar refractivity (Wildman–Crippen MR) is 88.2 cm³/mol. The van der Waals surface area contributed by atoms with E-state index in [4.69, 9.17) is 0 Å². The number of piperidine rings is 1. The van der Waals surface area contributed by atoms with Crippen molar-refractivity contribution in [1.82, 2.24) is 4.90 Å². The average Bonchev–Trinajstić information content (AvgIpc) is 3.00. The Kier molecular flexibility index (Phi) is 3.52. The molecule has 0 aliphatic carbocycles. The highest BCUT2D eigenvalue weighted by molar-refractivity contribution is 5.63. The van der Waals surface area contributed by atoms with Gasteiger partial charge < -0.3 is 0 Å². The standard InChI is InChI=1S/C20H23N/c1-2-6-16(7-3-1)17-9-11-18(12-10-17)20-14-13-19-8-4-5-15-21(19)20/h1-3,6-7,9-12,19-20H,4-5,8,13-15H2. The minimum Gasteiger partial charge on any atom is -0.293 e. The molecule has 2 aromatic carbocycles. The van der Waals surface area contributed by atoms with E-state index in [1.54, 1.807) is 0 Å². The van der Waals surface area contributed by atoms with Crippen LogP contribution in [0.5, 0.6) is 0 Å². The summed E-state index contributed by atoms with van der Waals surface area (Å²) in [4.78, 5) is 2.76. The molecule has 0 bridgehead atoms. The first-order valence-electron chi connectivity index (χ1n) is 8.33. The highest BCUT2D eigenvalue weighted by Gasteiger charge is 2.35. The summed E-state index contributed by atoms with van der Waals surface area (Å²) in [5.41, 5.74) is 4.15. The molecule has 2 unspecified atom stereocenters. The summed E-state index contributed by atoms with van der Waals surface area (Å²) in [5, 5.41) is 0. The van der Waals surface area contributed by atoms with Gasteiger partial charge in [0.05, 0.1) is 0 Å². The Morgan fingerprint density at radius 2 is 1.48 bits per heavy atom. The molecule has 0 aromatic heterocycles. The summed E-state index contributed by atoms with van der Waals surface area (Å²) in [5.74, 6) is 0. The first-order chi connectivity index (χ1) is 10.4. The van der Waals surface area contributed by atoms with Crippen molar-refractivity contribution in [2.75, 3.05) is 6.54 Å². The number of hydrogen-bond acceptors (Lipinski definition) is 1. The molecule has 2 aromatic rings. The molecule has 0 N–H and O–H groups in total. The lowest BCUT2D eigenvalue weighted by Gasteiger charge is -2.34. The van der Waals surface area contributed by atoms with E-state index in [0.717, 1.165) is 6.04 Å². The molecular weight excluding hydrogens is 254 g/mol. The third-order valence-electron chi connectivity index (χ3n) is 5.25. The van der Waals surface area contributed by atoms with E-state index in [9.17, 15) is 0 Å². The first-order valence-corrected chi connectivity index (χ1v) is 8.33. The Hall–Kier alpha value is -1.60. The monoisotopic (exact) mass is 277 g/mol. The van der Waals surface area contributed by atoms with E-state index < -0.39 is 0 Å². The zero-order valence-corrected chi connectivity index (χ0v) is 12.5. The summed E-state index contributed by atoms with van der Waals surface area (Å²) >= 11 is 0. The van der Waals surface area contributed by atoms with Gasteiger partial charge in [-0.3, -0.25) is 4.90 Å². The SMILES string of the molecule is c1ccc(-c2ccc(C3CCC4CCCCN43)cc2)cc1. The zero-order valence-electron chi connectivity index (χ0n) is 12.5. The van der Waals surface area contributed by atoms with Gasteiger partial charge in [-0.1, -0.05) is 61.0 Å². The fourth-order valence-corrected chi connectivity index (χ4v) is 4.15. The second-order valence-corrected chi connectivity index (χ2v) is 6.47. The van der Waals surface area contributed by atoms with E-state index in [1.807, 2.05) is 0 Å². The van der Waals surface area contributed by atoms with Crippen molar-refractivity contribution in [3.05, 3.63) is 60.2 Å². The smallest absolute Gasteiger partial charge is 0.0351 e. The lowest BCUT2D eigenvalue weighted by atomic mass is 9.99. The molecule has 2 atom stereocenters. The molecule has 108 valence electrons. The van der Waals surface area contributed by atoms with Gasteiger partial charge in [0.2, 0.25) is 0 Å². The predicted octanol–water partition coefficient (Wildman–Crippen LogP) is 5.04. The van der Waals surface area contributed by atoms with Crippen molar-refractivity contribution in [2.45, 2.75) is 44.2 Å². The maximum absolute atomic E-state index is 2.76. The molecule has 2 fully saturated rings. The lowest BCUT2D eigenvalue weighted by Crippen LogP contribution is -2.35. The van der Waals surface area contributed by atoms with E-state index >= 15 is 0 Å². The maximum Gasteiger partial charge on any atom is 0.0351 e. The second kappa shape index (κ2) is 5.65. The zero-order chi connectivity index (χ0) is 14.1. The van der Waals surface area contributed by atoms with E-state index in [2.05, 4.69) is 59.5 Å². The van der Waals surface area contributed by atoms with Crippen LogP contribution in [0, 0.1) is 0 Å². The minimum absolute atomic E-state index is 0.667. The normalized spacial score (nSPS) is 25.7. The fraction of sp³-hybridized carbons (Fsp3) is 0.400. The van der Waals surface area contributed by atoms with Crippen molar-refractivity contribution in [1.29, 1.82) is 0 Å². The van der Waals surface area contributed by atoms with E-state index in [0.29, 0.717) is 6.04 Å². The third-order valence-corrected chi connectivity index (χ3v) is 5.25. The highest BCUT2D eigenvalue weighted by atomic mass is 15.2. The second-order valence-electron chi connectivity index (χ2n) is 6.47. The van der Waals surface area contributed by atoms with Gasteiger partial charge in [-0.25, -0.2) is 0 Å². The Balaban J connectivity index is 1.57. The van der Waals surface area contributed by atoms with Crippen molar-refractivity contribution >= 4 is 0 Å². The molecule has 0 saturated carbocycles. The Bertz CT molecular complexity index is 587. The van der Waals surface area contributed by atoms with E-state index in [1.165, 1.54) is 55.3 Å². The number of nitrogens with zero attached hydrogens (tertiary/aromatic N) is 1. The average molecular weight is 277 g/mol. The minimum atomic E-state index is 0.667. The molecule has 0 amide bonds. The van der Waals surface area contributed by atoms with Crippen LogP contribution in [0.2, 0.25) is 0 Å². The van der Waals surface area contributed by atoms with Crippen molar-refractivity contribution < 1.29 is 0 Å². The summed E-state index contributed by atoms with van der Waals surface area (Å²) < 4.78 is 0. The van der Waals surface area contributed by atoms with Gasteiger partial charge in [0.15, 0.2) is 0 Å². The Labute approximate surface area is 127 Å². The van der Waals surface area contributed by atoms with Crippen LogP contribution >= 0.6 is 0 Å². The molecule has 2 heterocycles. The molecule has 0 radical (unpaired) electrons. The van der Waals surface area contributed by atoms with Gasteiger partial charge in [-0.05, 0) is 48.9 Å². The van der Waals surface area contributed by atoms with Gasteiger partial charge >= 0.3 is 0 Å². The third kappa shape index (κ3) is 2.51. The highest BCUT2D eigenvalue weighted by Crippen LogP contribution is 2.40. The molecule has 1 nitrogen and oxygen atoms in total. The molecule has 0 spiro atoms. The van der Waals surface area contributed by atoms with Gasteiger partial charge in [0, 0.05) is 12.1 Å². The van der Waals surface area contributed by atoms with Crippen LogP contribution < -0.4 is 0 Å². The maximum atomic E-state index is 2.76. The molecule has 2 saturated heterocycles.